The maximum absolute atomic E-state index is 10.7. The van der Waals surface area contributed by atoms with Crippen LogP contribution >= 0.6 is 24.0 Å². The third-order valence-corrected chi connectivity index (χ3v) is 5.27. The zero-order chi connectivity index (χ0) is 20.7. The van der Waals surface area contributed by atoms with E-state index in [0.717, 1.165) is 56.1 Å². The Morgan fingerprint density at radius 1 is 1.27 bits per heavy atom. The molecule has 9 nitrogen and oxygen atoms in total. The van der Waals surface area contributed by atoms with Gasteiger partial charge in [0.15, 0.2) is 5.96 Å². The molecule has 3 N–H and O–H groups in total. The smallest absolute Gasteiger partial charge is 0.191 e. The first-order valence-corrected chi connectivity index (χ1v) is 10.6. The van der Waals surface area contributed by atoms with Crippen molar-refractivity contribution in [1.82, 2.24) is 35.2 Å². The van der Waals surface area contributed by atoms with Gasteiger partial charge in [-0.3, -0.25) is 4.68 Å². The number of hydrogen-bond donors (Lipinski definition) is 3. The number of fused-ring (bicyclic) bond motifs is 1. The molecule has 10 heteroatoms. The Labute approximate surface area is 195 Å². The van der Waals surface area contributed by atoms with Crippen molar-refractivity contribution in [3.05, 3.63) is 29.6 Å². The van der Waals surface area contributed by atoms with E-state index in [2.05, 4.69) is 35.5 Å². The molecule has 30 heavy (non-hydrogen) atoms. The van der Waals surface area contributed by atoms with Crippen LogP contribution in [0.2, 0.25) is 0 Å². The molecule has 3 rings (SSSR count). The molecule has 3 heterocycles. The molecule has 1 aliphatic rings. The third-order valence-electron chi connectivity index (χ3n) is 5.27. The molecule has 1 unspecified atom stereocenters. The van der Waals surface area contributed by atoms with E-state index in [4.69, 9.17) is 0 Å². The average molecular weight is 530 g/mol. The van der Waals surface area contributed by atoms with E-state index in [-0.39, 0.29) is 30.5 Å². The number of guanidine groups is 1. The van der Waals surface area contributed by atoms with Crippen molar-refractivity contribution in [1.29, 1.82) is 0 Å². The van der Waals surface area contributed by atoms with Gasteiger partial charge in [-0.05, 0) is 33.1 Å². The molecular formula is C20H35IN8O. The number of aromatic nitrogens is 5. The Kier molecular flexibility index (Phi) is 9.53. The van der Waals surface area contributed by atoms with Crippen molar-refractivity contribution in [2.75, 3.05) is 19.6 Å². The molecule has 2 aromatic rings. The number of halogens is 1. The van der Waals surface area contributed by atoms with E-state index in [1.54, 1.807) is 17.8 Å². The SMILES string of the molecule is CCNC(=NCC(C)(O)c1cnn(C)c1)NCCCc1nnc2n1CCCCC2.I. The predicted octanol–water partition coefficient (Wildman–Crippen LogP) is 1.75. The van der Waals surface area contributed by atoms with E-state index in [1.807, 2.05) is 20.2 Å². The van der Waals surface area contributed by atoms with Crippen LogP contribution in [0.15, 0.2) is 17.4 Å². The molecule has 1 aliphatic heterocycles. The minimum Gasteiger partial charge on any atom is -0.383 e. The Morgan fingerprint density at radius 2 is 2.10 bits per heavy atom. The first-order chi connectivity index (χ1) is 14.0. The number of aryl methyl sites for hydroxylation is 3. The highest BCUT2D eigenvalue weighted by Crippen LogP contribution is 2.20. The Balaban J connectivity index is 0.00000320. The lowest BCUT2D eigenvalue weighted by atomic mass is 10.0. The Bertz CT molecular complexity index is 814. The van der Waals surface area contributed by atoms with E-state index < -0.39 is 5.60 Å². The number of nitrogens with one attached hydrogen (secondary N) is 2. The third kappa shape index (κ3) is 6.66. The molecule has 0 amide bonds. The fraction of sp³-hybridized carbons (Fsp3) is 0.700. The highest BCUT2D eigenvalue weighted by molar-refractivity contribution is 14.0. The summed E-state index contributed by atoms with van der Waals surface area (Å²) in [4.78, 5) is 4.56. The van der Waals surface area contributed by atoms with Crippen LogP contribution in [0.25, 0.3) is 0 Å². The van der Waals surface area contributed by atoms with E-state index in [1.165, 1.54) is 19.3 Å². The number of aliphatic hydroxyl groups is 1. The summed E-state index contributed by atoms with van der Waals surface area (Å²) in [6.45, 7) is 6.63. The largest absolute Gasteiger partial charge is 0.383 e. The summed E-state index contributed by atoms with van der Waals surface area (Å²) in [5.41, 5.74) is -0.303. The van der Waals surface area contributed by atoms with Gasteiger partial charge in [-0.2, -0.15) is 5.10 Å². The molecule has 0 saturated heterocycles. The molecule has 0 spiro atoms. The van der Waals surface area contributed by atoms with Gasteiger partial charge in [0.1, 0.15) is 17.2 Å². The van der Waals surface area contributed by atoms with Crippen molar-refractivity contribution in [2.24, 2.45) is 12.0 Å². The van der Waals surface area contributed by atoms with Gasteiger partial charge in [0.2, 0.25) is 0 Å². The Hall–Kier alpha value is -1.69. The second kappa shape index (κ2) is 11.6. The van der Waals surface area contributed by atoms with Crippen molar-refractivity contribution in [2.45, 2.75) is 64.5 Å². The number of aliphatic imine (C=N–C) groups is 1. The molecule has 2 aromatic heterocycles. The topological polar surface area (TPSA) is 105 Å². The summed E-state index contributed by atoms with van der Waals surface area (Å²) < 4.78 is 3.99. The van der Waals surface area contributed by atoms with Crippen LogP contribution in [0.5, 0.6) is 0 Å². The first kappa shape index (κ1) is 24.6. The van der Waals surface area contributed by atoms with Crippen LogP contribution in [0, 0.1) is 0 Å². The van der Waals surface area contributed by atoms with E-state index in [9.17, 15) is 5.11 Å². The fourth-order valence-corrected chi connectivity index (χ4v) is 3.55. The minimum atomic E-state index is -1.06. The van der Waals surface area contributed by atoms with Crippen LogP contribution in [-0.2, 0) is 32.0 Å². The molecule has 1 atom stereocenters. The summed E-state index contributed by atoms with van der Waals surface area (Å²) in [5, 5.41) is 30.2. The summed E-state index contributed by atoms with van der Waals surface area (Å²) in [6, 6.07) is 0. The van der Waals surface area contributed by atoms with Gasteiger partial charge < -0.3 is 20.3 Å². The molecule has 0 saturated carbocycles. The molecule has 0 fully saturated rings. The second-order valence-corrected chi connectivity index (χ2v) is 7.90. The van der Waals surface area contributed by atoms with Gasteiger partial charge in [-0.25, -0.2) is 4.99 Å². The highest BCUT2D eigenvalue weighted by atomic mass is 127. The van der Waals surface area contributed by atoms with Crippen molar-refractivity contribution in [3.63, 3.8) is 0 Å². The van der Waals surface area contributed by atoms with Gasteiger partial charge in [0.05, 0.1) is 12.7 Å². The second-order valence-electron chi connectivity index (χ2n) is 7.90. The van der Waals surface area contributed by atoms with Gasteiger partial charge in [-0.1, -0.05) is 6.42 Å². The van der Waals surface area contributed by atoms with Crippen LogP contribution in [-0.4, -0.2) is 55.2 Å². The van der Waals surface area contributed by atoms with Crippen molar-refractivity contribution < 1.29 is 5.11 Å². The molecule has 0 aromatic carbocycles. The lowest BCUT2D eigenvalue weighted by Crippen LogP contribution is -2.39. The lowest BCUT2D eigenvalue weighted by Gasteiger charge is -2.20. The number of hydrogen-bond acceptors (Lipinski definition) is 5. The monoisotopic (exact) mass is 530 g/mol. The fourth-order valence-electron chi connectivity index (χ4n) is 3.55. The number of rotatable bonds is 8. The zero-order valence-corrected chi connectivity index (χ0v) is 20.6. The van der Waals surface area contributed by atoms with E-state index in [0.29, 0.717) is 5.96 Å². The predicted molar refractivity (Wildman–Crippen MR) is 128 cm³/mol. The molecular weight excluding hydrogens is 495 g/mol. The van der Waals surface area contributed by atoms with Crippen LogP contribution in [0.1, 0.15) is 56.7 Å². The zero-order valence-electron chi connectivity index (χ0n) is 18.3. The quantitative estimate of drug-likeness (QED) is 0.208. The van der Waals surface area contributed by atoms with Gasteiger partial charge in [-0.15, -0.1) is 34.2 Å². The normalized spacial score (nSPS) is 16.2. The van der Waals surface area contributed by atoms with Crippen molar-refractivity contribution in [3.8, 4) is 0 Å². The summed E-state index contributed by atoms with van der Waals surface area (Å²) >= 11 is 0. The average Bonchev–Trinajstić information content (AvgIpc) is 3.23. The Morgan fingerprint density at radius 3 is 2.83 bits per heavy atom. The van der Waals surface area contributed by atoms with Gasteiger partial charge in [0.25, 0.3) is 0 Å². The summed E-state index contributed by atoms with van der Waals surface area (Å²) in [5.74, 6) is 2.93. The molecule has 0 radical (unpaired) electrons. The highest BCUT2D eigenvalue weighted by Gasteiger charge is 2.24. The van der Waals surface area contributed by atoms with Crippen LogP contribution in [0.4, 0.5) is 0 Å². The first-order valence-electron chi connectivity index (χ1n) is 10.6. The molecule has 0 aliphatic carbocycles. The molecule has 168 valence electrons. The maximum atomic E-state index is 10.7. The molecule has 0 bridgehead atoms. The van der Waals surface area contributed by atoms with Crippen LogP contribution < -0.4 is 10.6 Å². The maximum Gasteiger partial charge on any atom is 0.191 e. The van der Waals surface area contributed by atoms with Crippen LogP contribution in [0.3, 0.4) is 0 Å². The summed E-state index contributed by atoms with van der Waals surface area (Å²) in [7, 11) is 1.84. The minimum absolute atomic E-state index is 0. The summed E-state index contributed by atoms with van der Waals surface area (Å²) in [6.07, 6.45) is 10.1. The van der Waals surface area contributed by atoms with Gasteiger partial charge >= 0.3 is 0 Å². The van der Waals surface area contributed by atoms with Crippen molar-refractivity contribution >= 4 is 29.9 Å². The van der Waals surface area contributed by atoms with E-state index >= 15 is 0 Å². The lowest BCUT2D eigenvalue weighted by molar-refractivity contribution is 0.0672. The standard InChI is InChI=1S/C20H34N8O.HI/c1-4-21-19(23-15-20(2,29)16-13-24-27(3)14-16)22-11-8-10-18-26-25-17-9-6-5-7-12-28(17)18;/h13-14,29H,4-12,15H2,1-3H3,(H2,21,22,23);1H. The van der Waals surface area contributed by atoms with Gasteiger partial charge in [0, 0.05) is 51.3 Å². The number of nitrogens with zero attached hydrogens (tertiary/aromatic N) is 6.